The molecule has 0 saturated carbocycles. The molecular formula is C15H17N3O2S. The normalized spacial score (nSPS) is 14.0. The first-order valence-electron chi connectivity index (χ1n) is 6.75. The molecule has 6 heteroatoms. The van der Waals surface area contributed by atoms with Gasteiger partial charge in [-0.05, 0) is 19.1 Å². The second kappa shape index (κ2) is 5.37. The summed E-state index contributed by atoms with van der Waals surface area (Å²) in [6, 6.07) is 8.24. The third-order valence-corrected chi connectivity index (χ3v) is 4.63. The molecule has 110 valence electrons. The number of para-hydroxylation sites is 2. The standard InChI is InChI=1S/C15H17N3O2S/c1-10-13(14(19)20-3)16-15(21-10)18-9-8-17(2)11-6-4-5-7-12(11)18/h4-7H,8-9H2,1-3H3. The van der Waals surface area contributed by atoms with Gasteiger partial charge in [-0.25, -0.2) is 9.78 Å². The van der Waals surface area contributed by atoms with Crippen LogP contribution in [0, 0.1) is 6.92 Å². The van der Waals surface area contributed by atoms with Crippen LogP contribution in [0.1, 0.15) is 15.4 Å². The maximum Gasteiger partial charge on any atom is 0.357 e. The summed E-state index contributed by atoms with van der Waals surface area (Å²) in [6.45, 7) is 3.67. The number of aromatic nitrogens is 1. The Labute approximate surface area is 127 Å². The first-order valence-corrected chi connectivity index (χ1v) is 7.57. The number of benzene rings is 1. The van der Waals surface area contributed by atoms with E-state index in [0.717, 1.165) is 28.8 Å². The molecule has 0 N–H and O–H groups in total. The maximum absolute atomic E-state index is 11.7. The topological polar surface area (TPSA) is 45.7 Å². The number of thiazole rings is 1. The summed E-state index contributed by atoms with van der Waals surface area (Å²) in [6.07, 6.45) is 0. The molecule has 0 bridgehead atoms. The Kier molecular flexibility index (Phi) is 3.55. The molecule has 1 aromatic heterocycles. The number of fused-ring (bicyclic) bond motifs is 1. The Hall–Kier alpha value is -2.08. The lowest BCUT2D eigenvalue weighted by molar-refractivity contribution is 0.0594. The number of esters is 1. The van der Waals surface area contributed by atoms with Crippen LogP contribution in [0.5, 0.6) is 0 Å². The highest BCUT2D eigenvalue weighted by Crippen LogP contribution is 2.39. The van der Waals surface area contributed by atoms with E-state index >= 15 is 0 Å². The van der Waals surface area contributed by atoms with E-state index in [-0.39, 0.29) is 5.97 Å². The Balaban J connectivity index is 2.02. The van der Waals surface area contributed by atoms with Crippen molar-refractivity contribution in [3.05, 3.63) is 34.8 Å². The van der Waals surface area contributed by atoms with Gasteiger partial charge in [0.1, 0.15) is 0 Å². The van der Waals surface area contributed by atoms with Gasteiger partial charge in [-0.2, -0.15) is 0 Å². The minimum absolute atomic E-state index is 0.377. The molecule has 5 nitrogen and oxygen atoms in total. The lowest BCUT2D eigenvalue weighted by atomic mass is 10.2. The summed E-state index contributed by atoms with van der Waals surface area (Å²) < 4.78 is 4.78. The number of anilines is 3. The molecule has 1 aromatic carbocycles. The molecule has 0 spiro atoms. The number of carbonyl (C=O) groups is 1. The smallest absolute Gasteiger partial charge is 0.357 e. The molecule has 0 aliphatic carbocycles. The van der Waals surface area contributed by atoms with E-state index in [4.69, 9.17) is 4.74 Å². The van der Waals surface area contributed by atoms with Crippen molar-refractivity contribution in [1.29, 1.82) is 0 Å². The SMILES string of the molecule is COC(=O)c1nc(N2CCN(C)c3ccccc32)sc1C. The van der Waals surface area contributed by atoms with Crippen LogP contribution < -0.4 is 9.80 Å². The van der Waals surface area contributed by atoms with Crippen LogP contribution in [0.25, 0.3) is 0 Å². The van der Waals surface area contributed by atoms with E-state index in [1.807, 2.05) is 19.1 Å². The van der Waals surface area contributed by atoms with Crippen molar-refractivity contribution in [2.24, 2.45) is 0 Å². The van der Waals surface area contributed by atoms with Gasteiger partial charge in [-0.1, -0.05) is 12.1 Å². The van der Waals surface area contributed by atoms with Crippen LogP contribution in [-0.2, 0) is 4.74 Å². The number of likely N-dealkylation sites (N-methyl/N-ethyl adjacent to an activating group) is 1. The van der Waals surface area contributed by atoms with Gasteiger partial charge in [0.2, 0.25) is 0 Å². The van der Waals surface area contributed by atoms with Crippen molar-refractivity contribution >= 4 is 33.8 Å². The minimum Gasteiger partial charge on any atom is -0.464 e. The number of hydrogen-bond acceptors (Lipinski definition) is 6. The molecule has 3 rings (SSSR count). The second-order valence-corrected chi connectivity index (χ2v) is 6.14. The van der Waals surface area contributed by atoms with Gasteiger partial charge in [0, 0.05) is 25.0 Å². The molecule has 2 heterocycles. The largest absolute Gasteiger partial charge is 0.464 e. The molecule has 1 aliphatic heterocycles. The zero-order valence-corrected chi connectivity index (χ0v) is 13.1. The number of carbonyl (C=O) groups excluding carboxylic acids is 1. The highest BCUT2D eigenvalue weighted by Gasteiger charge is 2.25. The van der Waals surface area contributed by atoms with E-state index in [2.05, 4.69) is 34.0 Å². The van der Waals surface area contributed by atoms with Crippen LogP contribution in [0.4, 0.5) is 16.5 Å². The average Bonchev–Trinajstić information content (AvgIpc) is 2.89. The van der Waals surface area contributed by atoms with Crippen molar-refractivity contribution in [3.63, 3.8) is 0 Å². The molecule has 0 atom stereocenters. The average molecular weight is 303 g/mol. The zero-order chi connectivity index (χ0) is 15.0. The van der Waals surface area contributed by atoms with E-state index in [0.29, 0.717) is 5.69 Å². The molecule has 0 radical (unpaired) electrons. The monoisotopic (exact) mass is 303 g/mol. The fourth-order valence-electron chi connectivity index (χ4n) is 2.49. The van der Waals surface area contributed by atoms with Crippen molar-refractivity contribution in [1.82, 2.24) is 4.98 Å². The summed E-state index contributed by atoms with van der Waals surface area (Å²) in [4.78, 5) is 21.5. The predicted octanol–water partition coefficient (Wildman–Crippen LogP) is 2.83. The fourth-order valence-corrected chi connectivity index (χ4v) is 3.43. The summed E-state index contributed by atoms with van der Waals surface area (Å²) in [5.41, 5.74) is 2.71. The van der Waals surface area contributed by atoms with Gasteiger partial charge in [-0.15, -0.1) is 11.3 Å². The quantitative estimate of drug-likeness (QED) is 0.798. The van der Waals surface area contributed by atoms with E-state index < -0.39 is 0 Å². The highest BCUT2D eigenvalue weighted by atomic mass is 32.1. The number of aryl methyl sites for hydroxylation is 1. The Morgan fingerprint density at radius 1 is 1.29 bits per heavy atom. The van der Waals surface area contributed by atoms with Gasteiger partial charge in [-0.3, -0.25) is 0 Å². The lowest BCUT2D eigenvalue weighted by Crippen LogP contribution is -2.36. The number of rotatable bonds is 2. The molecular weight excluding hydrogens is 286 g/mol. The van der Waals surface area contributed by atoms with Crippen molar-refractivity contribution in [3.8, 4) is 0 Å². The Morgan fingerprint density at radius 2 is 2.00 bits per heavy atom. The van der Waals surface area contributed by atoms with Crippen molar-refractivity contribution in [2.75, 3.05) is 37.0 Å². The van der Waals surface area contributed by atoms with Crippen LogP contribution in [0.2, 0.25) is 0 Å². The molecule has 21 heavy (non-hydrogen) atoms. The first-order chi connectivity index (χ1) is 10.1. The van der Waals surface area contributed by atoms with E-state index in [1.165, 1.54) is 24.1 Å². The second-order valence-electron chi connectivity index (χ2n) is 4.95. The number of methoxy groups -OCH3 is 1. The van der Waals surface area contributed by atoms with Crippen LogP contribution in [0.3, 0.4) is 0 Å². The summed E-state index contributed by atoms with van der Waals surface area (Å²) >= 11 is 1.52. The molecule has 0 saturated heterocycles. The van der Waals surface area contributed by atoms with E-state index in [1.54, 1.807) is 0 Å². The number of ether oxygens (including phenoxy) is 1. The minimum atomic E-state index is -0.377. The van der Waals surface area contributed by atoms with Crippen molar-refractivity contribution in [2.45, 2.75) is 6.92 Å². The first kappa shape index (κ1) is 13.9. The van der Waals surface area contributed by atoms with Gasteiger partial charge < -0.3 is 14.5 Å². The predicted molar refractivity (Wildman–Crippen MR) is 84.9 cm³/mol. The summed E-state index contributed by atoms with van der Waals surface area (Å²) in [7, 11) is 3.47. The van der Waals surface area contributed by atoms with Gasteiger partial charge >= 0.3 is 5.97 Å². The molecule has 1 aliphatic rings. The van der Waals surface area contributed by atoms with Crippen LogP contribution >= 0.6 is 11.3 Å². The molecule has 2 aromatic rings. The van der Waals surface area contributed by atoms with Crippen LogP contribution in [0.15, 0.2) is 24.3 Å². The summed E-state index contributed by atoms with van der Waals surface area (Å²) in [5.74, 6) is -0.377. The fraction of sp³-hybridized carbons (Fsp3) is 0.333. The van der Waals surface area contributed by atoms with Crippen LogP contribution in [-0.4, -0.2) is 38.2 Å². The Morgan fingerprint density at radius 3 is 2.71 bits per heavy atom. The summed E-state index contributed by atoms with van der Waals surface area (Å²) in [5, 5.41) is 0.841. The van der Waals surface area contributed by atoms with Crippen molar-refractivity contribution < 1.29 is 9.53 Å². The van der Waals surface area contributed by atoms with E-state index in [9.17, 15) is 4.79 Å². The third kappa shape index (κ3) is 2.35. The highest BCUT2D eigenvalue weighted by molar-refractivity contribution is 7.15. The van der Waals surface area contributed by atoms with Gasteiger partial charge in [0.25, 0.3) is 0 Å². The molecule has 0 amide bonds. The lowest BCUT2D eigenvalue weighted by Gasteiger charge is -2.35. The number of nitrogens with zero attached hydrogens (tertiary/aromatic N) is 3. The third-order valence-electron chi connectivity index (χ3n) is 3.64. The van der Waals surface area contributed by atoms with Gasteiger partial charge in [0.15, 0.2) is 10.8 Å². The van der Waals surface area contributed by atoms with Gasteiger partial charge in [0.05, 0.1) is 18.5 Å². The molecule has 0 unspecified atom stereocenters. The molecule has 0 fully saturated rings. The Bertz CT molecular complexity index is 683. The number of hydrogen-bond donors (Lipinski definition) is 0. The zero-order valence-electron chi connectivity index (χ0n) is 12.3. The maximum atomic E-state index is 11.7.